The average molecular weight is 139 g/mol. The van der Waals surface area contributed by atoms with Gasteiger partial charge in [0.1, 0.15) is 5.75 Å². The summed E-state index contributed by atoms with van der Waals surface area (Å²) in [6, 6.07) is 6.80. The molecule has 0 aliphatic rings. The highest BCUT2D eigenvalue weighted by molar-refractivity contribution is 5.54. The normalized spacial score (nSPS) is 9.30. The fourth-order valence-corrected chi connectivity index (χ4v) is 0.657. The summed E-state index contributed by atoms with van der Waals surface area (Å²) < 4.78 is 0. The first-order valence-corrected chi connectivity index (χ1v) is 2.84. The number of hydrogen-bond acceptors (Lipinski definition) is 4. The maximum Gasteiger partial charge on any atom is 0.140 e. The van der Waals surface area contributed by atoms with Crippen LogP contribution in [0.1, 0.15) is 0 Å². The zero-order valence-corrected chi connectivity index (χ0v) is 5.33. The molecule has 4 heteroatoms. The fourth-order valence-electron chi connectivity index (χ4n) is 0.657. The molecular formula is C6H9N3O. The minimum Gasteiger partial charge on any atom is -0.506 e. The molecule has 0 fully saturated rings. The van der Waals surface area contributed by atoms with Crippen molar-refractivity contribution in [1.82, 2.24) is 5.53 Å². The molecule has 1 aromatic rings. The van der Waals surface area contributed by atoms with Gasteiger partial charge < -0.3 is 10.5 Å². The lowest BCUT2D eigenvalue weighted by Crippen LogP contribution is -2.28. The Bertz CT molecular complexity index is 214. The third kappa shape index (κ3) is 1.37. The molecule has 10 heavy (non-hydrogen) atoms. The van der Waals surface area contributed by atoms with Crippen molar-refractivity contribution in [2.24, 2.45) is 5.84 Å². The number of phenols is 1. The largest absolute Gasteiger partial charge is 0.506 e. The standard InChI is InChI=1S/C6H9N3O/c7-9-8-5-3-1-2-4-6(5)10/h1-4,8-10H,7H2. The molecule has 0 aliphatic carbocycles. The summed E-state index contributed by atoms with van der Waals surface area (Å²) in [5, 5.41) is 9.08. The molecule has 54 valence electrons. The van der Waals surface area contributed by atoms with Crippen molar-refractivity contribution in [2.75, 3.05) is 5.43 Å². The number of nitrogens with one attached hydrogen (secondary N) is 2. The van der Waals surface area contributed by atoms with Crippen LogP contribution in [0.4, 0.5) is 5.69 Å². The predicted octanol–water partition coefficient (Wildman–Crippen LogP) is 0.182. The third-order valence-corrected chi connectivity index (χ3v) is 1.11. The van der Waals surface area contributed by atoms with Crippen LogP contribution in [-0.2, 0) is 0 Å². The third-order valence-electron chi connectivity index (χ3n) is 1.11. The first kappa shape index (κ1) is 6.85. The van der Waals surface area contributed by atoms with Crippen LogP contribution >= 0.6 is 0 Å². The first-order chi connectivity index (χ1) is 4.84. The summed E-state index contributed by atoms with van der Waals surface area (Å²) in [5.41, 5.74) is 5.33. The Morgan fingerprint density at radius 2 is 2.00 bits per heavy atom. The van der Waals surface area contributed by atoms with Gasteiger partial charge in [-0.2, -0.15) is 5.53 Å². The number of phenolic OH excluding ortho intramolecular Hbond substituents is 1. The number of para-hydroxylation sites is 2. The van der Waals surface area contributed by atoms with Crippen molar-refractivity contribution < 1.29 is 5.11 Å². The van der Waals surface area contributed by atoms with Crippen LogP contribution in [0.3, 0.4) is 0 Å². The molecule has 0 heterocycles. The Kier molecular flexibility index (Phi) is 2.09. The van der Waals surface area contributed by atoms with Gasteiger partial charge >= 0.3 is 0 Å². The van der Waals surface area contributed by atoms with Gasteiger partial charge in [0.05, 0.1) is 5.69 Å². The predicted molar refractivity (Wildman–Crippen MR) is 39.1 cm³/mol. The van der Waals surface area contributed by atoms with E-state index in [9.17, 15) is 0 Å². The monoisotopic (exact) mass is 139 g/mol. The molecule has 0 unspecified atom stereocenters. The summed E-state index contributed by atoms with van der Waals surface area (Å²) in [6.45, 7) is 0. The zero-order valence-electron chi connectivity index (χ0n) is 5.33. The smallest absolute Gasteiger partial charge is 0.140 e. The van der Waals surface area contributed by atoms with Gasteiger partial charge in [-0.3, -0.25) is 5.84 Å². The van der Waals surface area contributed by atoms with E-state index >= 15 is 0 Å². The Morgan fingerprint density at radius 1 is 1.30 bits per heavy atom. The molecule has 0 spiro atoms. The van der Waals surface area contributed by atoms with Crippen molar-refractivity contribution in [3.05, 3.63) is 24.3 Å². The Hall–Kier alpha value is -1.26. The molecule has 0 aliphatic heterocycles. The van der Waals surface area contributed by atoms with Crippen LogP contribution in [0.5, 0.6) is 5.75 Å². The van der Waals surface area contributed by atoms with Gasteiger partial charge in [0.25, 0.3) is 0 Å². The van der Waals surface area contributed by atoms with Gasteiger partial charge in [0, 0.05) is 0 Å². The second-order valence-electron chi connectivity index (χ2n) is 1.79. The van der Waals surface area contributed by atoms with E-state index in [0.29, 0.717) is 5.69 Å². The van der Waals surface area contributed by atoms with Crippen molar-refractivity contribution in [3.63, 3.8) is 0 Å². The van der Waals surface area contributed by atoms with Gasteiger partial charge in [0.15, 0.2) is 0 Å². The lowest BCUT2D eigenvalue weighted by molar-refractivity contribution is 0.476. The van der Waals surface area contributed by atoms with Crippen molar-refractivity contribution in [1.29, 1.82) is 0 Å². The molecule has 4 nitrogen and oxygen atoms in total. The average Bonchev–Trinajstić information content (AvgIpc) is 1.94. The minimum atomic E-state index is 0.167. The molecule has 0 radical (unpaired) electrons. The number of nitrogens with two attached hydrogens (primary N) is 1. The van der Waals surface area contributed by atoms with Crippen LogP contribution in [0.15, 0.2) is 24.3 Å². The highest BCUT2D eigenvalue weighted by Crippen LogP contribution is 2.19. The van der Waals surface area contributed by atoms with E-state index in [4.69, 9.17) is 10.9 Å². The van der Waals surface area contributed by atoms with Crippen LogP contribution < -0.4 is 16.8 Å². The van der Waals surface area contributed by atoms with Gasteiger partial charge in [0.2, 0.25) is 0 Å². The van der Waals surface area contributed by atoms with E-state index < -0.39 is 0 Å². The molecular weight excluding hydrogens is 130 g/mol. The second-order valence-corrected chi connectivity index (χ2v) is 1.79. The van der Waals surface area contributed by atoms with Crippen LogP contribution in [0, 0.1) is 0 Å². The van der Waals surface area contributed by atoms with E-state index in [1.165, 1.54) is 0 Å². The highest BCUT2D eigenvalue weighted by Gasteiger charge is 1.93. The summed E-state index contributed by atoms with van der Waals surface area (Å²) in [6.07, 6.45) is 0. The van der Waals surface area contributed by atoms with Crippen molar-refractivity contribution >= 4 is 5.69 Å². The number of hydrogen-bond donors (Lipinski definition) is 4. The fraction of sp³-hybridized carbons (Fsp3) is 0. The molecule has 0 bridgehead atoms. The van der Waals surface area contributed by atoms with E-state index in [-0.39, 0.29) is 5.75 Å². The molecule has 0 saturated heterocycles. The summed E-state index contributed by atoms with van der Waals surface area (Å²) in [7, 11) is 0. The number of aromatic hydroxyl groups is 1. The SMILES string of the molecule is NNNc1ccccc1O. The topological polar surface area (TPSA) is 70.3 Å². The molecule has 1 rings (SSSR count). The summed E-state index contributed by atoms with van der Waals surface area (Å²) in [5.74, 6) is 5.12. The van der Waals surface area contributed by atoms with E-state index in [1.807, 2.05) is 0 Å². The maximum atomic E-state index is 9.08. The van der Waals surface area contributed by atoms with E-state index in [2.05, 4.69) is 11.0 Å². The molecule has 0 saturated carbocycles. The van der Waals surface area contributed by atoms with Crippen LogP contribution in [-0.4, -0.2) is 5.11 Å². The Balaban J connectivity index is 2.81. The molecule has 5 N–H and O–H groups in total. The lowest BCUT2D eigenvalue weighted by Gasteiger charge is -2.04. The zero-order chi connectivity index (χ0) is 7.40. The van der Waals surface area contributed by atoms with Gasteiger partial charge in [-0.1, -0.05) is 12.1 Å². The Morgan fingerprint density at radius 3 is 2.60 bits per heavy atom. The molecule has 0 aromatic heterocycles. The van der Waals surface area contributed by atoms with Gasteiger partial charge in [-0.15, -0.1) is 0 Å². The van der Waals surface area contributed by atoms with E-state index in [1.54, 1.807) is 24.3 Å². The number of rotatable bonds is 2. The summed E-state index contributed by atoms with van der Waals surface area (Å²) in [4.78, 5) is 0. The molecule has 0 amide bonds. The number of hydrazine groups is 2. The van der Waals surface area contributed by atoms with Crippen molar-refractivity contribution in [3.8, 4) is 5.75 Å². The second kappa shape index (κ2) is 3.05. The van der Waals surface area contributed by atoms with E-state index in [0.717, 1.165) is 0 Å². The van der Waals surface area contributed by atoms with Crippen LogP contribution in [0.25, 0.3) is 0 Å². The lowest BCUT2D eigenvalue weighted by atomic mass is 10.3. The first-order valence-electron chi connectivity index (χ1n) is 2.84. The van der Waals surface area contributed by atoms with Crippen LogP contribution in [0.2, 0.25) is 0 Å². The minimum absolute atomic E-state index is 0.167. The van der Waals surface area contributed by atoms with Gasteiger partial charge in [-0.05, 0) is 12.1 Å². The Labute approximate surface area is 58.6 Å². The molecule has 0 atom stereocenters. The highest BCUT2D eigenvalue weighted by atomic mass is 16.3. The molecule has 1 aromatic carbocycles. The van der Waals surface area contributed by atoms with Crippen molar-refractivity contribution in [2.45, 2.75) is 0 Å². The number of benzene rings is 1. The summed E-state index contributed by atoms with van der Waals surface area (Å²) >= 11 is 0. The van der Waals surface area contributed by atoms with Gasteiger partial charge in [-0.25, -0.2) is 0 Å². The number of anilines is 1. The maximum absolute atomic E-state index is 9.08. The quantitative estimate of drug-likeness (QED) is 0.268.